The Bertz CT molecular complexity index is 1220. The standard InChI is InChI=1S/C33H49FN6O4/c1-37-9-4-10-39(37)12-8-36-28-25(34)13-23-29-32(28)44-27-15-22-21(19-5-2-3-6-20(19)30(22)41)14-26(27)40(29)17-24(31(23)42)33(43)38-11-7-18(35)16-38/h17-23,25-29,32,36H,2-16,35H2,1H3/t18-,19?,20?,21?,22?,23?,25?,26?,27?,28?,29?,32?/m0/s1. The second kappa shape index (κ2) is 11.4. The lowest BCUT2D eigenvalue weighted by atomic mass is 9.66. The second-order valence-corrected chi connectivity index (χ2v) is 15.1. The Morgan fingerprint density at radius 3 is 2.64 bits per heavy atom. The van der Waals surface area contributed by atoms with Crippen molar-refractivity contribution in [2.24, 2.45) is 35.3 Å². The van der Waals surface area contributed by atoms with E-state index in [0.29, 0.717) is 43.7 Å². The number of rotatable bonds is 5. The Hall–Kier alpha value is -1.92. The number of nitrogens with one attached hydrogen (secondary N) is 1. The monoisotopic (exact) mass is 612 g/mol. The number of carbonyl (C=O) groups is 3. The van der Waals surface area contributed by atoms with Crippen LogP contribution in [0.3, 0.4) is 0 Å². The molecule has 8 aliphatic rings. The summed E-state index contributed by atoms with van der Waals surface area (Å²) in [5, 5.41) is 8.03. The largest absolute Gasteiger partial charge is 0.369 e. The normalized spacial score (nSPS) is 45.6. The van der Waals surface area contributed by atoms with Crippen LogP contribution in [0.1, 0.15) is 57.8 Å². The number of carbonyl (C=O) groups excluding carboxylic acids is 3. The lowest BCUT2D eigenvalue weighted by molar-refractivity contribution is -0.206. The summed E-state index contributed by atoms with van der Waals surface area (Å²) in [6.45, 7) is 4.41. The van der Waals surface area contributed by atoms with Crippen molar-refractivity contribution in [3.8, 4) is 0 Å². The van der Waals surface area contributed by atoms with E-state index < -0.39 is 24.2 Å². The van der Waals surface area contributed by atoms with Crippen LogP contribution in [0.5, 0.6) is 0 Å². The summed E-state index contributed by atoms with van der Waals surface area (Å²) in [4.78, 5) is 45.4. The van der Waals surface area contributed by atoms with Gasteiger partial charge in [-0.3, -0.25) is 14.4 Å². The number of ether oxygens (including phenoxy) is 1. The van der Waals surface area contributed by atoms with Crippen molar-refractivity contribution < 1.29 is 23.5 Å². The molecule has 3 saturated heterocycles. The molecule has 4 aliphatic heterocycles. The summed E-state index contributed by atoms with van der Waals surface area (Å²) >= 11 is 0. The van der Waals surface area contributed by atoms with Gasteiger partial charge in [0, 0.05) is 76.3 Å². The first-order chi connectivity index (χ1) is 21.3. The van der Waals surface area contributed by atoms with E-state index in [1.165, 1.54) is 6.42 Å². The SMILES string of the molecule is CN1CCCN1CCNC1C(F)CC2C(=O)C(C(=O)N3CC[C@H](N)C3)=CN3C4CC5C(CC4OC1C23)C(=O)C1CCCCC15. The molecule has 10 nitrogen and oxygen atoms in total. The maximum absolute atomic E-state index is 16.2. The van der Waals surface area contributed by atoms with Gasteiger partial charge in [0.05, 0.1) is 35.9 Å². The molecular formula is C33H49FN6O4. The summed E-state index contributed by atoms with van der Waals surface area (Å²) in [7, 11) is 2.09. The topological polar surface area (TPSA) is 111 Å². The van der Waals surface area contributed by atoms with Crippen LogP contribution in [0.25, 0.3) is 0 Å². The van der Waals surface area contributed by atoms with Crippen LogP contribution in [0, 0.1) is 29.6 Å². The van der Waals surface area contributed by atoms with Crippen molar-refractivity contribution in [2.45, 2.75) is 100 Å². The highest BCUT2D eigenvalue weighted by atomic mass is 19.1. The number of amides is 1. The Balaban J connectivity index is 1.11. The quantitative estimate of drug-likeness (QED) is 0.441. The molecule has 12 atom stereocenters. The van der Waals surface area contributed by atoms with Crippen LogP contribution in [-0.4, -0.2) is 126 Å². The molecule has 11 unspecified atom stereocenters. The van der Waals surface area contributed by atoms with Gasteiger partial charge in [0.2, 0.25) is 0 Å². The number of fused-ring (bicyclic) bond motifs is 5. The van der Waals surface area contributed by atoms with Gasteiger partial charge in [-0.25, -0.2) is 14.4 Å². The minimum absolute atomic E-state index is 0.00108. The summed E-state index contributed by atoms with van der Waals surface area (Å²) in [6.07, 6.45) is 7.61. The van der Waals surface area contributed by atoms with Gasteiger partial charge in [0.25, 0.3) is 5.91 Å². The van der Waals surface area contributed by atoms with Gasteiger partial charge in [-0.05, 0) is 56.8 Å². The average Bonchev–Trinajstić information content (AvgIpc) is 3.72. The third kappa shape index (κ3) is 4.70. The summed E-state index contributed by atoms with van der Waals surface area (Å²) < 4.78 is 23.1. The van der Waals surface area contributed by atoms with E-state index in [-0.39, 0.29) is 59.7 Å². The molecule has 242 valence electrons. The number of nitrogens with two attached hydrogens (primary N) is 1. The average molecular weight is 613 g/mol. The molecule has 0 radical (unpaired) electrons. The summed E-state index contributed by atoms with van der Waals surface area (Å²) in [5.74, 6) is 0.173. The molecule has 0 aromatic rings. The number of alkyl halides is 1. The van der Waals surface area contributed by atoms with E-state index in [2.05, 4.69) is 27.3 Å². The third-order valence-corrected chi connectivity index (χ3v) is 12.8. The van der Waals surface area contributed by atoms with Gasteiger partial charge < -0.3 is 25.6 Å². The molecule has 8 rings (SSSR count). The molecule has 3 N–H and O–H groups in total. The van der Waals surface area contributed by atoms with Crippen LogP contribution in [0.15, 0.2) is 11.8 Å². The maximum Gasteiger partial charge on any atom is 0.259 e. The van der Waals surface area contributed by atoms with Crippen molar-refractivity contribution in [3.05, 3.63) is 11.8 Å². The Morgan fingerprint density at radius 2 is 1.86 bits per heavy atom. The first-order valence-corrected chi connectivity index (χ1v) is 17.4. The highest BCUT2D eigenvalue weighted by Gasteiger charge is 2.62. The van der Waals surface area contributed by atoms with Gasteiger partial charge in [-0.1, -0.05) is 12.8 Å². The van der Waals surface area contributed by atoms with Crippen LogP contribution in [-0.2, 0) is 19.1 Å². The van der Waals surface area contributed by atoms with E-state index in [9.17, 15) is 14.4 Å². The second-order valence-electron chi connectivity index (χ2n) is 15.1. The van der Waals surface area contributed by atoms with E-state index in [1.807, 2.05) is 6.20 Å². The van der Waals surface area contributed by atoms with Crippen LogP contribution in [0.4, 0.5) is 4.39 Å². The van der Waals surface area contributed by atoms with E-state index >= 15 is 4.39 Å². The number of nitrogens with zero attached hydrogens (tertiary/aromatic N) is 4. The molecule has 0 aromatic heterocycles. The molecule has 11 heteroatoms. The zero-order valence-electron chi connectivity index (χ0n) is 26.0. The van der Waals surface area contributed by atoms with E-state index in [4.69, 9.17) is 10.5 Å². The van der Waals surface area contributed by atoms with E-state index in [1.54, 1.807) is 4.90 Å². The van der Waals surface area contributed by atoms with Crippen molar-refractivity contribution >= 4 is 17.5 Å². The number of hydrogen-bond donors (Lipinski definition) is 2. The highest BCUT2D eigenvalue weighted by molar-refractivity contribution is 6.20. The fraction of sp³-hybridized carbons (Fsp3) is 0.848. The number of morpholine rings is 1. The first-order valence-electron chi connectivity index (χ1n) is 17.4. The number of hydrazine groups is 1. The molecule has 44 heavy (non-hydrogen) atoms. The minimum atomic E-state index is -1.28. The van der Waals surface area contributed by atoms with Crippen molar-refractivity contribution in [1.29, 1.82) is 0 Å². The Kier molecular flexibility index (Phi) is 7.64. The van der Waals surface area contributed by atoms with Gasteiger partial charge in [0.1, 0.15) is 12.0 Å². The lowest BCUT2D eigenvalue weighted by Crippen LogP contribution is -2.73. The van der Waals surface area contributed by atoms with Gasteiger partial charge >= 0.3 is 0 Å². The minimum Gasteiger partial charge on any atom is -0.369 e. The smallest absolute Gasteiger partial charge is 0.259 e. The highest BCUT2D eigenvalue weighted by Crippen LogP contribution is 2.56. The number of hydrogen-bond acceptors (Lipinski definition) is 9. The molecule has 0 bridgehead atoms. The Morgan fingerprint density at radius 1 is 1.02 bits per heavy atom. The van der Waals surface area contributed by atoms with Gasteiger partial charge in [-0.2, -0.15) is 0 Å². The third-order valence-electron chi connectivity index (χ3n) is 12.8. The van der Waals surface area contributed by atoms with Crippen LogP contribution >= 0.6 is 0 Å². The molecule has 4 saturated carbocycles. The zero-order chi connectivity index (χ0) is 30.3. The molecule has 1 amide bonds. The molecular weight excluding hydrogens is 563 g/mol. The number of halogens is 1. The van der Waals surface area contributed by atoms with Crippen LogP contribution < -0.4 is 11.1 Å². The maximum atomic E-state index is 16.2. The summed E-state index contributed by atoms with van der Waals surface area (Å²) in [6, 6.07) is -0.989. The predicted molar refractivity (Wildman–Crippen MR) is 161 cm³/mol. The zero-order valence-corrected chi connectivity index (χ0v) is 26.0. The predicted octanol–water partition coefficient (Wildman–Crippen LogP) is 1.10. The van der Waals surface area contributed by atoms with Crippen molar-refractivity contribution in [1.82, 2.24) is 25.1 Å². The van der Waals surface area contributed by atoms with Gasteiger partial charge in [-0.15, -0.1) is 0 Å². The number of likely N-dealkylation sites (tertiary alicyclic amines) is 1. The van der Waals surface area contributed by atoms with E-state index in [0.717, 1.165) is 58.2 Å². The molecule has 7 fully saturated rings. The fourth-order valence-corrected chi connectivity index (χ4v) is 10.7. The van der Waals surface area contributed by atoms with Crippen LogP contribution in [0.2, 0.25) is 0 Å². The Labute approximate surface area is 259 Å². The fourth-order valence-electron chi connectivity index (χ4n) is 10.7. The van der Waals surface area contributed by atoms with Crippen molar-refractivity contribution in [3.63, 3.8) is 0 Å². The first kappa shape index (κ1) is 29.5. The van der Waals surface area contributed by atoms with Gasteiger partial charge in [0.15, 0.2) is 5.78 Å². The number of ketones is 2. The molecule has 0 aromatic carbocycles. The lowest BCUT2D eigenvalue weighted by Gasteiger charge is -2.60. The molecule has 4 aliphatic carbocycles. The van der Waals surface area contributed by atoms with Crippen molar-refractivity contribution in [2.75, 3.05) is 46.3 Å². The molecule has 4 heterocycles. The molecule has 0 spiro atoms. The number of Topliss-reactive ketones (excluding diaryl/α,β-unsaturated/α-hetero) is 2. The summed E-state index contributed by atoms with van der Waals surface area (Å²) in [5.41, 5.74) is 6.30.